The molecule has 13 heavy (non-hydrogen) atoms. The van der Waals surface area contributed by atoms with Gasteiger partial charge in [0.05, 0.1) is 0 Å². The van der Waals surface area contributed by atoms with Gasteiger partial charge in [-0.2, -0.15) is 0 Å². The van der Waals surface area contributed by atoms with Gasteiger partial charge in [0.25, 0.3) is 0 Å². The third kappa shape index (κ3) is 4.36. The predicted molar refractivity (Wildman–Crippen MR) is 57.3 cm³/mol. The van der Waals surface area contributed by atoms with E-state index in [1.807, 2.05) is 6.08 Å². The normalized spacial score (nSPS) is 10.8. The molecule has 0 aliphatic rings. The van der Waals surface area contributed by atoms with Crippen LogP contribution < -0.4 is 5.73 Å². The zero-order valence-electron chi connectivity index (χ0n) is 7.95. The Kier molecular flexibility index (Phi) is 4.77. The topological polar surface area (TPSA) is 26.0 Å². The van der Waals surface area contributed by atoms with Crippen LogP contribution in [0.15, 0.2) is 42.6 Å². The van der Waals surface area contributed by atoms with E-state index in [2.05, 4.69) is 30.3 Å². The summed E-state index contributed by atoms with van der Waals surface area (Å²) in [5, 5.41) is 0. The highest BCUT2D eigenvalue weighted by atomic mass is 14.5. The molecule has 1 nitrogen and oxygen atoms in total. The van der Waals surface area contributed by atoms with Crippen LogP contribution in [0.25, 0.3) is 0 Å². The van der Waals surface area contributed by atoms with Gasteiger partial charge in [0.15, 0.2) is 0 Å². The van der Waals surface area contributed by atoms with Crippen LogP contribution in [-0.4, -0.2) is 0 Å². The van der Waals surface area contributed by atoms with Crippen molar-refractivity contribution in [3.8, 4) is 0 Å². The lowest BCUT2D eigenvalue weighted by molar-refractivity contribution is 0.747. The average Bonchev–Trinajstić information content (AvgIpc) is 2.19. The Morgan fingerprint density at radius 3 is 2.54 bits per heavy atom. The maximum atomic E-state index is 5.24. The van der Waals surface area contributed by atoms with Gasteiger partial charge in [-0.05, 0) is 37.4 Å². The van der Waals surface area contributed by atoms with Gasteiger partial charge in [0.2, 0.25) is 0 Å². The number of aryl methyl sites for hydroxylation is 1. The van der Waals surface area contributed by atoms with Crippen LogP contribution in [0, 0.1) is 0 Å². The molecule has 0 saturated carbocycles. The second kappa shape index (κ2) is 6.30. The number of allylic oxidation sites excluding steroid dienone is 1. The highest BCUT2D eigenvalue weighted by molar-refractivity contribution is 5.14. The van der Waals surface area contributed by atoms with E-state index < -0.39 is 0 Å². The highest BCUT2D eigenvalue weighted by Gasteiger charge is 1.90. The molecule has 1 rings (SSSR count). The smallest absolute Gasteiger partial charge is 0.0103 e. The minimum Gasteiger partial charge on any atom is -0.405 e. The number of hydrogen-bond donors (Lipinski definition) is 1. The molecule has 0 saturated heterocycles. The lowest BCUT2D eigenvalue weighted by atomic mass is 10.1. The van der Waals surface area contributed by atoms with Gasteiger partial charge in [0, 0.05) is 0 Å². The number of benzene rings is 1. The third-order valence-corrected chi connectivity index (χ3v) is 2.07. The Morgan fingerprint density at radius 1 is 1.08 bits per heavy atom. The maximum Gasteiger partial charge on any atom is -0.0103 e. The first-order valence-electron chi connectivity index (χ1n) is 4.84. The molecule has 0 bridgehead atoms. The second-order valence-corrected chi connectivity index (χ2v) is 3.16. The summed E-state index contributed by atoms with van der Waals surface area (Å²) in [6.45, 7) is 0. The lowest BCUT2D eigenvalue weighted by Crippen LogP contribution is -1.84. The molecule has 0 heterocycles. The van der Waals surface area contributed by atoms with E-state index in [1.54, 1.807) is 6.20 Å². The maximum absolute atomic E-state index is 5.24. The van der Waals surface area contributed by atoms with E-state index >= 15 is 0 Å². The molecule has 1 heteroatoms. The summed E-state index contributed by atoms with van der Waals surface area (Å²) in [7, 11) is 0. The minimum absolute atomic E-state index is 1.10. The first-order chi connectivity index (χ1) is 6.43. The van der Waals surface area contributed by atoms with Crippen molar-refractivity contribution in [1.82, 2.24) is 0 Å². The molecule has 0 aliphatic carbocycles. The van der Waals surface area contributed by atoms with Crippen molar-refractivity contribution in [1.29, 1.82) is 0 Å². The van der Waals surface area contributed by atoms with Crippen LogP contribution in [0.3, 0.4) is 0 Å². The molecular weight excluding hydrogens is 158 g/mol. The van der Waals surface area contributed by atoms with Crippen molar-refractivity contribution in [2.75, 3.05) is 0 Å². The molecule has 0 aromatic heterocycles. The van der Waals surface area contributed by atoms with Gasteiger partial charge in [-0.25, -0.2) is 0 Å². The molecule has 2 N–H and O–H groups in total. The summed E-state index contributed by atoms with van der Waals surface area (Å²) in [4.78, 5) is 0. The van der Waals surface area contributed by atoms with Crippen LogP contribution in [0.2, 0.25) is 0 Å². The summed E-state index contributed by atoms with van der Waals surface area (Å²) in [6.07, 6.45) is 8.40. The first kappa shape index (κ1) is 9.85. The molecule has 0 spiro atoms. The van der Waals surface area contributed by atoms with E-state index in [4.69, 9.17) is 5.73 Å². The van der Waals surface area contributed by atoms with E-state index in [0.29, 0.717) is 0 Å². The van der Waals surface area contributed by atoms with Crippen molar-refractivity contribution in [3.05, 3.63) is 48.2 Å². The molecule has 1 aromatic carbocycles. The molecule has 0 fully saturated rings. The van der Waals surface area contributed by atoms with Crippen molar-refractivity contribution >= 4 is 0 Å². The van der Waals surface area contributed by atoms with Crippen molar-refractivity contribution < 1.29 is 0 Å². The van der Waals surface area contributed by atoms with E-state index in [9.17, 15) is 0 Å². The van der Waals surface area contributed by atoms with Gasteiger partial charge in [-0.15, -0.1) is 0 Å². The Labute approximate surface area is 80.3 Å². The molecule has 70 valence electrons. The fourth-order valence-electron chi connectivity index (χ4n) is 1.33. The van der Waals surface area contributed by atoms with Gasteiger partial charge in [0.1, 0.15) is 0 Å². The Hall–Kier alpha value is -1.24. The van der Waals surface area contributed by atoms with Crippen molar-refractivity contribution in [2.24, 2.45) is 5.73 Å². The van der Waals surface area contributed by atoms with Gasteiger partial charge < -0.3 is 5.73 Å². The zero-order valence-corrected chi connectivity index (χ0v) is 7.95. The summed E-state index contributed by atoms with van der Waals surface area (Å²) in [5.41, 5.74) is 6.67. The molecule has 0 atom stereocenters. The highest BCUT2D eigenvalue weighted by Crippen LogP contribution is 2.05. The third-order valence-electron chi connectivity index (χ3n) is 2.07. The zero-order chi connectivity index (χ0) is 9.36. The van der Waals surface area contributed by atoms with Gasteiger partial charge in [-0.3, -0.25) is 0 Å². The fourth-order valence-corrected chi connectivity index (χ4v) is 1.33. The average molecular weight is 175 g/mol. The predicted octanol–water partition coefficient (Wildman–Crippen LogP) is 2.87. The first-order valence-corrected chi connectivity index (χ1v) is 4.84. The van der Waals surface area contributed by atoms with E-state index in [0.717, 1.165) is 6.42 Å². The number of hydrogen-bond acceptors (Lipinski definition) is 1. The largest absolute Gasteiger partial charge is 0.405 e. The number of unbranched alkanes of at least 4 members (excludes halogenated alkanes) is 2. The van der Waals surface area contributed by atoms with Crippen LogP contribution in [0.5, 0.6) is 0 Å². The Balaban J connectivity index is 2.13. The molecule has 0 unspecified atom stereocenters. The standard InChI is InChI=1S/C12H17N/c13-11-7-2-1-4-8-12-9-5-3-6-10-12/h3,5-7,9-11H,1-2,4,8,13H2/b11-7+. The fraction of sp³-hybridized carbons (Fsp3) is 0.333. The Bertz CT molecular complexity index is 239. The molecule has 0 radical (unpaired) electrons. The van der Waals surface area contributed by atoms with Crippen LogP contribution in [0.4, 0.5) is 0 Å². The minimum atomic E-state index is 1.10. The molecule has 1 aromatic rings. The van der Waals surface area contributed by atoms with Crippen molar-refractivity contribution in [3.63, 3.8) is 0 Å². The summed E-state index contributed by atoms with van der Waals surface area (Å²) < 4.78 is 0. The lowest BCUT2D eigenvalue weighted by Gasteiger charge is -1.98. The Morgan fingerprint density at radius 2 is 1.85 bits per heavy atom. The van der Waals surface area contributed by atoms with E-state index in [1.165, 1.54) is 24.8 Å². The van der Waals surface area contributed by atoms with Gasteiger partial charge in [-0.1, -0.05) is 36.4 Å². The van der Waals surface area contributed by atoms with E-state index in [-0.39, 0.29) is 0 Å². The SMILES string of the molecule is N/C=C/CCCCc1ccccc1. The summed E-state index contributed by atoms with van der Waals surface area (Å²) in [6, 6.07) is 10.6. The molecule has 0 amide bonds. The number of nitrogens with two attached hydrogens (primary N) is 1. The quantitative estimate of drug-likeness (QED) is 0.684. The summed E-state index contributed by atoms with van der Waals surface area (Å²) in [5.74, 6) is 0. The summed E-state index contributed by atoms with van der Waals surface area (Å²) >= 11 is 0. The van der Waals surface area contributed by atoms with Crippen molar-refractivity contribution in [2.45, 2.75) is 25.7 Å². The monoisotopic (exact) mass is 175 g/mol. The van der Waals surface area contributed by atoms with Gasteiger partial charge >= 0.3 is 0 Å². The second-order valence-electron chi connectivity index (χ2n) is 3.16. The molecule has 0 aliphatic heterocycles. The van der Waals surface area contributed by atoms with Crippen LogP contribution in [-0.2, 0) is 6.42 Å². The van der Waals surface area contributed by atoms with Crippen LogP contribution >= 0.6 is 0 Å². The van der Waals surface area contributed by atoms with Crippen LogP contribution in [0.1, 0.15) is 24.8 Å². The molecular formula is C12H17N. The number of rotatable bonds is 5.